The lowest BCUT2D eigenvalue weighted by molar-refractivity contribution is 0.101. The Labute approximate surface area is 117 Å². The summed E-state index contributed by atoms with van der Waals surface area (Å²) in [6, 6.07) is 7.70. The first-order chi connectivity index (χ1) is 9.76. The smallest absolute Gasteiger partial charge is 0.295 e. The Hall–Kier alpha value is -2.21. The van der Waals surface area contributed by atoms with Crippen molar-refractivity contribution in [3.05, 3.63) is 41.5 Å². The standard InChI is InChI=1S/C14H17N5O/c1-15-8-9-3-2-4-11(7-9)16-14(20)13-17-12(18-19-13)10-5-6-10/h2-4,7,10,15H,5-6,8H2,1H3,(H,16,20)(H,17,18,19). The van der Waals surface area contributed by atoms with E-state index in [1.165, 1.54) is 0 Å². The van der Waals surface area contributed by atoms with Crippen molar-refractivity contribution in [2.75, 3.05) is 12.4 Å². The largest absolute Gasteiger partial charge is 0.319 e. The van der Waals surface area contributed by atoms with Gasteiger partial charge in [-0.15, -0.1) is 5.10 Å². The number of aromatic amines is 1. The molecule has 0 radical (unpaired) electrons. The second-order valence-electron chi connectivity index (χ2n) is 5.00. The Morgan fingerprint density at radius 1 is 1.45 bits per heavy atom. The topological polar surface area (TPSA) is 82.7 Å². The third kappa shape index (κ3) is 2.85. The van der Waals surface area contributed by atoms with Gasteiger partial charge in [-0.25, -0.2) is 4.98 Å². The maximum absolute atomic E-state index is 12.1. The van der Waals surface area contributed by atoms with Gasteiger partial charge in [-0.2, -0.15) is 0 Å². The van der Waals surface area contributed by atoms with Crippen LogP contribution in [0.3, 0.4) is 0 Å². The zero-order valence-corrected chi connectivity index (χ0v) is 11.3. The number of H-pyrrole nitrogens is 1. The van der Waals surface area contributed by atoms with Gasteiger partial charge < -0.3 is 10.6 Å². The molecule has 104 valence electrons. The lowest BCUT2D eigenvalue weighted by atomic mass is 10.2. The molecule has 0 bridgehead atoms. The number of rotatable bonds is 5. The minimum absolute atomic E-state index is 0.200. The minimum Gasteiger partial charge on any atom is -0.319 e. The van der Waals surface area contributed by atoms with Crippen molar-refractivity contribution in [2.45, 2.75) is 25.3 Å². The van der Waals surface area contributed by atoms with Crippen LogP contribution in [-0.4, -0.2) is 28.1 Å². The first-order valence-corrected chi connectivity index (χ1v) is 6.73. The van der Waals surface area contributed by atoms with Crippen molar-refractivity contribution in [3.8, 4) is 0 Å². The average Bonchev–Trinajstić information content (AvgIpc) is 3.17. The second-order valence-corrected chi connectivity index (χ2v) is 5.00. The highest BCUT2D eigenvalue weighted by atomic mass is 16.2. The van der Waals surface area contributed by atoms with Crippen LogP contribution in [0.4, 0.5) is 5.69 Å². The molecule has 2 aromatic rings. The van der Waals surface area contributed by atoms with Gasteiger partial charge in [0.25, 0.3) is 5.91 Å². The molecule has 0 aliphatic heterocycles. The predicted octanol–water partition coefficient (Wildman–Crippen LogP) is 1.65. The monoisotopic (exact) mass is 271 g/mol. The molecule has 1 aromatic carbocycles. The lowest BCUT2D eigenvalue weighted by Crippen LogP contribution is -2.14. The van der Waals surface area contributed by atoms with Gasteiger partial charge in [-0.3, -0.25) is 9.89 Å². The lowest BCUT2D eigenvalue weighted by Gasteiger charge is -2.05. The van der Waals surface area contributed by atoms with Crippen LogP contribution in [0.5, 0.6) is 0 Å². The molecular formula is C14H17N5O. The highest BCUT2D eigenvalue weighted by molar-refractivity contribution is 6.01. The molecule has 1 saturated carbocycles. The third-order valence-corrected chi connectivity index (χ3v) is 3.24. The van der Waals surface area contributed by atoms with Crippen LogP contribution in [-0.2, 0) is 6.54 Å². The highest BCUT2D eigenvalue weighted by Gasteiger charge is 2.28. The molecule has 6 heteroatoms. The van der Waals surface area contributed by atoms with Gasteiger partial charge >= 0.3 is 0 Å². The predicted molar refractivity (Wildman–Crippen MR) is 75.5 cm³/mol. The number of nitrogens with zero attached hydrogens (tertiary/aromatic N) is 2. The van der Waals surface area contributed by atoms with Gasteiger partial charge in [-0.05, 0) is 37.6 Å². The van der Waals surface area contributed by atoms with Gasteiger partial charge in [0.05, 0.1) is 0 Å². The van der Waals surface area contributed by atoms with E-state index in [2.05, 4.69) is 25.8 Å². The summed E-state index contributed by atoms with van der Waals surface area (Å²) in [7, 11) is 1.89. The summed E-state index contributed by atoms with van der Waals surface area (Å²) in [6.45, 7) is 0.760. The molecule has 1 aliphatic carbocycles. The average molecular weight is 271 g/mol. The van der Waals surface area contributed by atoms with Crippen LogP contribution in [0.25, 0.3) is 0 Å². The number of aromatic nitrogens is 3. The van der Waals surface area contributed by atoms with Gasteiger partial charge in [0.15, 0.2) is 0 Å². The first kappa shape index (κ1) is 12.8. The number of amides is 1. The summed E-state index contributed by atoms with van der Waals surface area (Å²) >= 11 is 0. The molecule has 0 unspecified atom stereocenters. The Balaban J connectivity index is 1.69. The van der Waals surface area contributed by atoms with Crippen LogP contribution >= 0.6 is 0 Å². The number of hydrogen-bond donors (Lipinski definition) is 3. The van der Waals surface area contributed by atoms with Crippen LogP contribution in [0.1, 0.15) is 40.8 Å². The van der Waals surface area contributed by atoms with E-state index in [0.29, 0.717) is 5.92 Å². The van der Waals surface area contributed by atoms with E-state index in [1.54, 1.807) is 0 Å². The molecule has 1 heterocycles. The number of nitrogens with one attached hydrogen (secondary N) is 3. The van der Waals surface area contributed by atoms with E-state index < -0.39 is 0 Å². The first-order valence-electron chi connectivity index (χ1n) is 6.73. The van der Waals surface area contributed by atoms with E-state index in [4.69, 9.17) is 0 Å². The molecule has 3 rings (SSSR count). The summed E-state index contributed by atoms with van der Waals surface area (Å²) in [5.74, 6) is 1.20. The van der Waals surface area contributed by atoms with Crippen molar-refractivity contribution in [1.82, 2.24) is 20.5 Å². The maximum atomic E-state index is 12.1. The summed E-state index contributed by atoms with van der Waals surface area (Å²) in [5.41, 5.74) is 1.86. The van der Waals surface area contributed by atoms with Crippen LogP contribution in [0.15, 0.2) is 24.3 Å². The molecule has 1 aliphatic rings. The van der Waals surface area contributed by atoms with Gasteiger partial charge in [0, 0.05) is 18.2 Å². The minimum atomic E-state index is -0.283. The second kappa shape index (κ2) is 5.42. The van der Waals surface area contributed by atoms with Gasteiger partial charge in [0.1, 0.15) is 5.82 Å². The normalized spacial score (nSPS) is 14.2. The SMILES string of the molecule is CNCc1cccc(NC(=O)c2n[nH]c(C3CC3)n2)c1. The van der Waals surface area contributed by atoms with E-state index in [1.807, 2.05) is 31.3 Å². The van der Waals surface area contributed by atoms with Crippen molar-refractivity contribution < 1.29 is 4.79 Å². The summed E-state index contributed by atoms with van der Waals surface area (Å²) in [5, 5.41) is 12.7. The summed E-state index contributed by atoms with van der Waals surface area (Å²) in [4.78, 5) is 16.3. The molecule has 3 N–H and O–H groups in total. The van der Waals surface area contributed by atoms with E-state index in [-0.39, 0.29) is 11.7 Å². The van der Waals surface area contributed by atoms with Gasteiger partial charge in [-0.1, -0.05) is 12.1 Å². The molecule has 1 amide bonds. The number of benzene rings is 1. The van der Waals surface area contributed by atoms with E-state index in [9.17, 15) is 4.79 Å². The number of anilines is 1. The number of carbonyl (C=O) groups excluding carboxylic acids is 1. The molecule has 20 heavy (non-hydrogen) atoms. The van der Waals surface area contributed by atoms with E-state index in [0.717, 1.165) is 36.5 Å². The van der Waals surface area contributed by atoms with Crippen molar-refractivity contribution in [3.63, 3.8) is 0 Å². The molecule has 0 atom stereocenters. The number of carbonyl (C=O) groups is 1. The van der Waals surface area contributed by atoms with Crippen molar-refractivity contribution in [1.29, 1.82) is 0 Å². The molecule has 6 nitrogen and oxygen atoms in total. The zero-order chi connectivity index (χ0) is 13.9. The van der Waals surface area contributed by atoms with Crippen molar-refractivity contribution >= 4 is 11.6 Å². The number of hydrogen-bond acceptors (Lipinski definition) is 4. The van der Waals surface area contributed by atoms with Crippen LogP contribution in [0.2, 0.25) is 0 Å². The molecular weight excluding hydrogens is 254 g/mol. The van der Waals surface area contributed by atoms with Gasteiger partial charge in [0.2, 0.25) is 5.82 Å². The molecule has 1 aromatic heterocycles. The molecule has 0 spiro atoms. The molecule has 1 fully saturated rings. The Kier molecular flexibility index (Phi) is 3.47. The Bertz CT molecular complexity index is 618. The zero-order valence-electron chi connectivity index (χ0n) is 11.3. The highest BCUT2D eigenvalue weighted by Crippen LogP contribution is 2.37. The van der Waals surface area contributed by atoms with E-state index >= 15 is 0 Å². The fourth-order valence-electron chi connectivity index (χ4n) is 2.07. The van der Waals surface area contributed by atoms with Crippen molar-refractivity contribution in [2.24, 2.45) is 0 Å². The summed E-state index contributed by atoms with van der Waals surface area (Å²) < 4.78 is 0. The quantitative estimate of drug-likeness (QED) is 0.772. The van der Waals surface area contributed by atoms with Crippen LogP contribution < -0.4 is 10.6 Å². The summed E-state index contributed by atoms with van der Waals surface area (Å²) in [6.07, 6.45) is 2.25. The van der Waals surface area contributed by atoms with Crippen LogP contribution in [0, 0.1) is 0 Å². The Morgan fingerprint density at radius 2 is 2.30 bits per heavy atom. The Morgan fingerprint density at radius 3 is 3.05 bits per heavy atom. The molecule has 0 saturated heterocycles. The third-order valence-electron chi connectivity index (χ3n) is 3.24. The maximum Gasteiger partial charge on any atom is 0.295 e. The fraction of sp³-hybridized carbons (Fsp3) is 0.357. The fourth-order valence-corrected chi connectivity index (χ4v) is 2.07.